The van der Waals surface area contributed by atoms with Gasteiger partial charge in [-0.05, 0) is 12.1 Å². The zero-order chi connectivity index (χ0) is 51.1. The molecule has 0 aromatic carbocycles. The smallest absolute Gasteiger partial charge is 0.314 e. The minimum absolute atomic E-state index is 0.0215. The molecule has 67 heavy (non-hydrogen) atoms. The molecular formula is C39H64N6O22. The van der Waals surface area contributed by atoms with Crippen molar-refractivity contribution in [1.82, 2.24) is 15.8 Å². The summed E-state index contributed by atoms with van der Waals surface area (Å²) in [4.78, 5) is 112. The summed E-state index contributed by atoms with van der Waals surface area (Å²) in [5.74, 6) is 3.53. The van der Waals surface area contributed by atoms with Crippen molar-refractivity contribution in [1.29, 1.82) is 0 Å². The predicted molar refractivity (Wildman–Crippen MR) is 226 cm³/mol. The number of rotatable bonds is 29. The highest BCUT2D eigenvalue weighted by atomic mass is 16.6. The van der Waals surface area contributed by atoms with Gasteiger partial charge >= 0.3 is 47.8 Å². The number of carboxylic acid groups (broad SMARTS) is 2. The van der Waals surface area contributed by atoms with E-state index in [1.54, 1.807) is 12.4 Å². The fourth-order valence-electron chi connectivity index (χ4n) is 3.65. The number of ether oxygens (including phenoxy) is 8. The number of hydrogen-bond donors (Lipinski definition) is 8. The molecule has 2 rings (SSSR count). The first kappa shape index (κ1) is 64.9. The van der Waals surface area contributed by atoms with Crippen LogP contribution in [-0.2, 0) is 85.8 Å². The van der Waals surface area contributed by atoms with Crippen molar-refractivity contribution in [2.24, 2.45) is 11.7 Å². The van der Waals surface area contributed by atoms with Gasteiger partial charge < -0.3 is 63.2 Å². The SMILES string of the molecule is CN(C)c1ccncc1.NNC(=O)CCC(=O)OCCOCCOC(=O)CCC(=O)NN.O=C(O)CCC(=O)OCCOCCOC(=O)CCC(=O)O.O=C1CCC(=O)O1.OCCOCCO. The van der Waals surface area contributed by atoms with Crippen LogP contribution in [0.25, 0.3) is 0 Å². The molecule has 28 nitrogen and oxygen atoms in total. The Morgan fingerprint density at radius 1 is 0.552 bits per heavy atom. The number of nitrogens with two attached hydrogens (primary N) is 2. The number of esters is 6. The largest absolute Gasteiger partial charge is 0.481 e. The van der Waals surface area contributed by atoms with E-state index in [2.05, 4.69) is 23.9 Å². The number of carboxylic acids is 2. The second-order valence-electron chi connectivity index (χ2n) is 12.5. The third kappa shape index (κ3) is 50.4. The molecule has 1 aromatic rings. The molecule has 0 bridgehead atoms. The molecule has 0 saturated carbocycles. The third-order valence-electron chi connectivity index (χ3n) is 6.89. The molecule has 0 aliphatic carbocycles. The molecule has 10 N–H and O–H groups in total. The molecule has 28 heteroatoms. The van der Waals surface area contributed by atoms with E-state index in [-0.39, 0.29) is 130 Å². The third-order valence-corrected chi connectivity index (χ3v) is 6.89. The van der Waals surface area contributed by atoms with E-state index in [0.29, 0.717) is 13.2 Å². The van der Waals surface area contributed by atoms with Crippen LogP contribution in [0.2, 0.25) is 0 Å². The normalized spacial score (nSPS) is 10.8. The first-order valence-corrected chi connectivity index (χ1v) is 20.2. The molecule has 2 heterocycles. The highest BCUT2D eigenvalue weighted by Gasteiger charge is 2.19. The minimum atomic E-state index is -1.08. The maximum Gasteiger partial charge on any atom is 0.314 e. The summed E-state index contributed by atoms with van der Waals surface area (Å²) in [5, 5.41) is 32.8. The van der Waals surface area contributed by atoms with E-state index in [1.807, 2.05) is 42.0 Å². The van der Waals surface area contributed by atoms with Crippen LogP contribution in [0, 0.1) is 0 Å². The van der Waals surface area contributed by atoms with Crippen molar-refractivity contribution in [2.75, 3.05) is 98.3 Å². The highest BCUT2D eigenvalue weighted by Crippen LogP contribution is 2.06. The summed E-state index contributed by atoms with van der Waals surface area (Å²) < 4.78 is 37.7. The number of cyclic esters (lactones) is 2. The fraction of sp³-hybridized carbons (Fsp3) is 0.615. The molecule has 382 valence electrons. The maximum absolute atomic E-state index is 11.2. The zero-order valence-electron chi connectivity index (χ0n) is 37.6. The van der Waals surface area contributed by atoms with Gasteiger partial charge in [0.25, 0.3) is 0 Å². The van der Waals surface area contributed by atoms with Gasteiger partial charge in [-0.3, -0.25) is 63.8 Å². The predicted octanol–water partition coefficient (Wildman–Crippen LogP) is -2.57. The van der Waals surface area contributed by atoms with E-state index >= 15 is 0 Å². The van der Waals surface area contributed by atoms with Gasteiger partial charge in [0.15, 0.2) is 0 Å². The number of anilines is 1. The van der Waals surface area contributed by atoms with Crippen LogP contribution in [0.15, 0.2) is 24.5 Å². The van der Waals surface area contributed by atoms with Gasteiger partial charge in [0.05, 0.1) is 104 Å². The Kier molecular flexibility index (Phi) is 44.6. The summed E-state index contributed by atoms with van der Waals surface area (Å²) in [5.41, 5.74) is 4.98. The number of hydrogen-bond acceptors (Lipinski definition) is 24. The topological polar surface area (TPSA) is 418 Å². The van der Waals surface area contributed by atoms with Crippen LogP contribution in [0.3, 0.4) is 0 Å². The van der Waals surface area contributed by atoms with Gasteiger partial charge in [-0.1, -0.05) is 0 Å². The average molecular weight is 969 g/mol. The van der Waals surface area contributed by atoms with Gasteiger partial charge in [-0.15, -0.1) is 0 Å². The van der Waals surface area contributed by atoms with Crippen LogP contribution in [0.4, 0.5) is 5.69 Å². The minimum Gasteiger partial charge on any atom is -0.481 e. The molecule has 1 saturated heterocycles. The molecule has 1 aliphatic rings. The summed E-state index contributed by atoms with van der Waals surface area (Å²) in [6, 6.07) is 3.94. The van der Waals surface area contributed by atoms with E-state index in [4.69, 9.17) is 51.1 Å². The van der Waals surface area contributed by atoms with Crippen molar-refractivity contribution >= 4 is 65.3 Å². The van der Waals surface area contributed by atoms with Gasteiger partial charge in [-0.2, -0.15) is 0 Å². The summed E-state index contributed by atoms with van der Waals surface area (Å²) in [7, 11) is 4.02. The number of carbonyl (C=O) groups is 10. The molecule has 0 radical (unpaired) electrons. The van der Waals surface area contributed by atoms with Gasteiger partial charge in [-0.25, -0.2) is 11.7 Å². The first-order chi connectivity index (χ1) is 31.9. The molecule has 0 spiro atoms. The number of aromatic nitrogens is 1. The van der Waals surface area contributed by atoms with Crippen molar-refractivity contribution in [3.05, 3.63) is 24.5 Å². The first-order valence-electron chi connectivity index (χ1n) is 20.2. The Bertz CT molecular complexity index is 1480. The standard InChI is InChI=1S/C12H22N4O7.C12H18O9.C7H10N2.C4H4O3.C4H10O3/c13-15-9(17)1-3-11(19)22-7-5-21-6-8-23-12(20)4-2-10(18)16-14;13-9(14)1-3-11(17)20-7-5-19-6-8-21-12(18)4-2-10(15)16;1-9(2)7-3-5-8-6-4-7;5-3-1-2-4(6)7-3;5-1-3-7-4-2-6/h1-8,13-14H2,(H,15,17)(H,16,18);1-8H2,(H,13,14)(H,15,16);3-6H,1-2H3;1-2H2;5-6H,1-4H2. The van der Waals surface area contributed by atoms with E-state index in [9.17, 15) is 47.9 Å². The van der Waals surface area contributed by atoms with Crippen molar-refractivity contribution in [3.8, 4) is 0 Å². The number of aliphatic hydroxyl groups excluding tert-OH is 2. The fourth-order valence-corrected chi connectivity index (χ4v) is 3.65. The Balaban J connectivity index is -0.000000836. The summed E-state index contributed by atoms with van der Waals surface area (Å²) in [6.45, 7) is 1.13. The van der Waals surface area contributed by atoms with Crippen LogP contribution >= 0.6 is 0 Å². The molecule has 1 aliphatic heterocycles. The number of pyridine rings is 1. The second-order valence-corrected chi connectivity index (χ2v) is 12.5. The lowest BCUT2D eigenvalue weighted by Crippen LogP contribution is -2.30. The van der Waals surface area contributed by atoms with E-state index in [0.717, 1.165) is 0 Å². The molecule has 0 unspecified atom stereocenters. The van der Waals surface area contributed by atoms with E-state index in [1.165, 1.54) is 5.69 Å². The second kappa shape index (κ2) is 46.1. The molecule has 0 atom stereocenters. The lowest BCUT2D eigenvalue weighted by atomic mass is 10.3. The van der Waals surface area contributed by atoms with Crippen molar-refractivity contribution < 1.29 is 106 Å². The number of carbonyl (C=O) groups excluding carboxylic acids is 8. The average Bonchev–Trinajstić information content (AvgIpc) is 3.70. The number of amides is 2. The van der Waals surface area contributed by atoms with Crippen LogP contribution in [0.1, 0.15) is 64.2 Å². The molecule has 1 fully saturated rings. The van der Waals surface area contributed by atoms with Crippen LogP contribution in [0.5, 0.6) is 0 Å². The number of nitrogens with one attached hydrogen (secondary N) is 2. The van der Waals surface area contributed by atoms with Gasteiger partial charge in [0.2, 0.25) is 11.8 Å². The maximum atomic E-state index is 11.2. The van der Waals surface area contributed by atoms with Crippen molar-refractivity contribution in [2.45, 2.75) is 64.2 Å². The van der Waals surface area contributed by atoms with Gasteiger partial charge in [0, 0.05) is 45.0 Å². The Hall–Kier alpha value is -6.43. The Morgan fingerprint density at radius 2 is 0.866 bits per heavy atom. The molecule has 1 aromatic heterocycles. The zero-order valence-corrected chi connectivity index (χ0v) is 37.6. The summed E-state index contributed by atoms with van der Waals surface area (Å²) >= 11 is 0. The van der Waals surface area contributed by atoms with E-state index < -0.39 is 59.6 Å². The lowest BCUT2D eigenvalue weighted by molar-refractivity contribution is -0.152. The monoisotopic (exact) mass is 968 g/mol. The van der Waals surface area contributed by atoms with Crippen molar-refractivity contribution in [3.63, 3.8) is 0 Å². The van der Waals surface area contributed by atoms with Crippen LogP contribution < -0.4 is 27.4 Å². The molecular weight excluding hydrogens is 904 g/mol. The quantitative estimate of drug-likeness (QED) is 0.00778. The Morgan fingerprint density at radius 3 is 1.10 bits per heavy atom. The number of nitrogens with zero attached hydrogens (tertiary/aromatic N) is 2. The highest BCUT2D eigenvalue weighted by molar-refractivity contribution is 5.92. The Labute approximate surface area is 385 Å². The lowest BCUT2D eigenvalue weighted by Gasteiger charge is -2.10. The van der Waals surface area contributed by atoms with Crippen LogP contribution in [-0.4, -0.2) is 178 Å². The number of aliphatic carboxylic acids is 2. The van der Waals surface area contributed by atoms with Gasteiger partial charge in [0.1, 0.15) is 26.4 Å². The number of aliphatic hydroxyl groups is 2. The molecule has 2 amide bonds. The summed E-state index contributed by atoms with van der Waals surface area (Å²) in [6.07, 6.45) is 2.89. The number of hydrazine groups is 2.